The van der Waals surface area contributed by atoms with Gasteiger partial charge in [-0.2, -0.15) is 0 Å². The quantitative estimate of drug-likeness (QED) is 0.646. The maximum Gasteiger partial charge on any atom is 0.240 e. The van der Waals surface area contributed by atoms with E-state index in [4.69, 9.17) is 11.5 Å². The Morgan fingerprint density at radius 3 is 2.41 bits per heavy atom. The summed E-state index contributed by atoms with van der Waals surface area (Å²) >= 11 is 0. The Bertz CT molecular complexity index is 649. The fraction of sp³-hybridized carbons (Fsp3) is 0.810. The van der Waals surface area contributed by atoms with E-state index in [1.807, 2.05) is 27.7 Å². The molecule has 8 atom stereocenters. The summed E-state index contributed by atoms with van der Waals surface area (Å²) in [5.41, 5.74) is 12.4. The van der Waals surface area contributed by atoms with Crippen molar-refractivity contribution in [2.45, 2.75) is 71.1 Å². The maximum atomic E-state index is 13.0. The fourth-order valence-electron chi connectivity index (χ4n) is 6.06. The SMILES string of the molecule is CC.CC.NC(=O)C1C2CC2CN1C(=O)C(N)C1C2CC=C3C1CC3(O)C2. The second kappa shape index (κ2) is 7.21. The minimum Gasteiger partial charge on any atom is -0.385 e. The highest BCUT2D eigenvalue weighted by Crippen LogP contribution is 2.63. The summed E-state index contributed by atoms with van der Waals surface area (Å²) in [6.45, 7) is 8.62. The number of fused-ring (bicyclic) bond motifs is 2. The highest BCUT2D eigenvalue weighted by Gasteiger charge is 2.63. The standard InChI is InChI=1S/C17H23N3O3.2C2H6/c18-13(12-7-1-2-11-10(12)5-17(11,23)4-7)16(22)20-6-8-3-9(8)14(20)15(19)21;2*1-2/h2,7-10,12-14,23H,1,3-6,18H2,(H2,19,21);2*1-2H3. The first-order valence-corrected chi connectivity index (χ1v) is 10.7. The van der Waals surface area contributed by atoms with Crippen LogP contribution in [-0.4, -0.2) is 46.1 Å². The number of carbonyl (C=O) groups is 2. The predicted octanol–water partition coefficient (Wildman–Crippen LogP) is 1.42. The molecule has 4 bridgehead atoms. The maximum absolute atomic E-state index is 13.0. The van der Waals surface area contributed by atoms with Crippen molar-refractivity contribution < 1.29 is 14.7 Å². The number of rotatable bonds is 3. The van der Waals surface area contributed by atoms with E-state index in [1.165, 1.54) is 0 Å². The van der Waals surface area contributed by atoms with Gasteiger partial charge in [-0.15, -0.1) is 0 Å². The van der Waals surface area contributed by atoms with Crippen molar-refractivity contribution >= 4 is 11.8 Å². The molecule has 27 heavy (non-hydrogen) atoms. The Labute approximate surface area is 162 Å². The van der Waals surface area contributed by atoms with Crippen LogP contribution in [0.3, 0.4) is 0 Å². The molecule has 0 aromatic rings. The van der Waals surface area contributed by atoms with Crippen LogP contribution in [0.4, 0.5) is 0 Å². The van der Waals surface area contributed by atoms with Gasteiger partial charge in [0.25, 0.3) is 0 Å². The van der Waals surface area contributed by atoms with Crippen molar-refractivity contribution in [3.8, 4) is 0 Å². The van der Waals surface area contributed by atoms with Gasteiger partial charge in [0.1, 0.15) is 6.04 Å². The third-order valence-electron chi connectivity index (χ3n) is 7.17. The minimum absolute atomic E-state index is 0.0991. The Balaban J connectivity index is 0.000000495. The number of likely N-dealkylation sites (tertiary alicyclic amines) is 1. The lowest BCUT2D eigenvalue weighted by molar-refractivity contribution is -0.148. The molecule has 0 aromatic carbocycles. The highest BCUT2D eigenvalue weighted by molar-refractivity contribution is 5.90. The number of hydrogen-bond acceptors (Lipinski definition) is 4. The molecule has 2 amide bonds. The molecule has 8 unspecified atom stereocenters. The van der Waals surface area contributed by atoms with Gasteiger partial charge >= 0.3 is 0 Å². The molecule has 0 radical (unpaired) electrons. The van der Waals surface area contributed by atoms with E-state index in [-0.39, 0.29) is 29.6 Å². The normalized spacial score (nSPS) is 43.0. The van der Waals surface area contributed by atoms with Gasteiger partial charge < -0.3 is 21.5 Å². The Kier molecular flexibility index (Phi) is 5.43. The topological polar surface area (TPSA) is 110 Å². The summed E-state index contributed by atoms with van der Waals surface area (Å²) in [4.78, 5) is 26.3. The van der Waals surface area contributed by atoms with Crippen LogP contribution in [-0.2, 0) is 9.59 Å². The average molecular weight is 378 g/mol. The molecule has 4 fully saturated rings. The van der Waals surface area contributed by atoms with E-state index in [0.29, 0.717) is 12.5 Å². The molecule has 6 aliphatic rings. The van der Waals surface area contributed by atoms with Crippen molar-refractivity contribution in [1.29, 1.82) is 0 Å². The van der Waals surface area contributed by atoms with E-state index in [1.54, 1.807) is 4.90 Å². The van der Waals surface area contributed by atoms with Crippen molar-refractivity contribution in [2.24, 2.45) is 41.1 Å². The molecule has 0 spiro atoms. The van der Waals surface area contributed by atoms with Crippen molar-refractivity contribution in [2.75, 3.05) is 6.54 Å². The van der Waals surface area contributed by atoms with E-state index in [0.717, 1.165) is 31.3 Å². The molecule has 6 heteroatoms. The van der Waals surface area contributed by atoms with Crippen LogP contribution in [0.15, 0.2) is 11.6 Å². The second-order valence-corrected chi connectivity index (χ2v) is 8.30. The van der Waals surface area contributed by atoms with Crippen LogP contribution >= 0.6 is 0 Å². The molecular weight excluding hydrogens is 342 g/mol. The van der Waals surface area contributed by atoms with Gasteiger partial charge in [-0.05, 0) is 60.8 Å². The van der Waals surface area contributed by atoms with Gasteiger partial charge in [0.15, 0.2) is 0 Å². The largest absolute Gasteiger partial charge is 0.385 e. The molecule has 152 valence electrons. The summed E-state index contributed by atoms with van der Waals surface area (Å²) in [6.07, 6.45) is 5.51. The zero-order valence-electron chi connectivity index (χ0n) is 17.0. The van der Waals surface area contributed by atoms with E-state index in [2.05, 4.69) is 6.08 Å². The number of allylic oxidation sites excluding steroid dienone is 1. The van der Waals surface area contributed by atoms with Gasteiger partial charge in [-0.25, -0.2) is 0 Å². The van der Waals surface area contributed by atoms with Crippen LogP contribution in [0.1, 0.15) is 53.4 Å². The first-order valence-electron chi connectivity index (χ1n) is 10.7. The average Bonchev–Trinajstić information content (AvgIpc) is 3.32. The summed E-state index contributed by atoms with van der Waals surface area (Å²) in [5.74, 6) is 0.791. The van der Waals surface area contributed by atoms with Crippen molar-refractivity contribution in [1.82, 2.24) is 4.90 Å². The fourth-order valence-corrected chi connectivity index (χ4v) is 6.06. The molecule has 3 saturated carbocycles. The molecule has 0 aromatic heterocycles. The molecule has 6 rings (SSSR count). The van der Waals surface area contributed by atoms with Crippen LogP contribution in [0, 0.1) is 29.6 Å². The number of piperidine rings is 1. The number of aliphatic hydroxyl groups is 1. The lowest BCUT2D eigenvalue weighted by Crippen LogP contribution is -2.66. The third kappa shape index (κ3) is 2.92. The van der Waals surface area contributed by atoms with Crippen LogP contribution in [0.25, 0.3) is 0 Å². The highest BCUT2D eigenvalue weighted by atomic mass is 16.3. The lowest BCUT2D eigenvalue weighted by Gasteiger charge is -2.62. The molecule has 5 aliphatic carbocycles. The molecule has 1 aliphatic heterocycles. The predicted molar refractivity (Wildman–Crippen MR) is 104 cm³/mol. The van der Waals surface area contributed by atoms with Crippen LogP contribution in [0.5, 0.6) is 0 Å². The zero-order chi connectivity index (χ0) is 20.1. The first kappa shape index (κ1) is 20.3. The molecular formula is C21H35N3O3. The van der Waals surface area contributed by atoms with Crippen LogP contribution in [0.2, 0.25) is 0 Å². The van der Waals surface area contributed by atoms with Gasteiger partial charge in [0.2, 0.25) is 11.8 Å². The Morgan fingerprint density at radius 1 is 1.22 bits per heavy atom. The number of nitrogens with zero attached hydrogens (tertiary/aromatic N) is 1. The first-order chi connectivity index (χ1) is 12.9. The number of amides is 2. The molecule has 6 nitrogen and oxygen atoms in total. The van der Waals surface area contributed by atoms with Crippen LogP contribution < -0.4 is 11.5 Å². The number of primary amides is 1. The summed E-state index contributed by atoms with van der Waals surface area (Å²) < 4.78 is 0. The molecule has 5 N–H and O–H groups in total. The summed E-state index contributed by atoms with van der Waals surface area (Å²) in [7, 11) is 0. The summed E-state index contributed by atoms with van der Waals surface area (Å²) in [5, 5.41) is 10.5. The van der Waals surface area contributed by atoms with Gasteiger partial charge in [-0.1, -0.05) is 33.8 Å². The zero-order valence-corrected chi connectivity index (χ0v) is 17.0. The van der Waals surface area contributed by atoms with E-state index < -0.39 is 23.6 Å². The van der Waals surface area contributed by atoms with Gasteiger partial charge in [0, 0.05) is 6.54 Å². The summed E-state index contributed by atoms with van der Waals surface area (Å²) in [6, 6.07) is -1.05. The van der Waals surface area contributed by atoms with E-state index in [9.17, 15) is 14.7 Å². The third-order valence-corrected chi connectivity index (χ3v) is 7.17. The second-order valence-electron chi connectivity index (χ2n) is 8.30. The Hall–Kier alpha value is -1.40. The van der Waals surface area contributed by atoms with Crippen molar-refractivity contribution in [3.05, 3.63) is 11.6 Å². The Morgan fingerprint density at radius 2 is 1.89 bits per heavy atom. The number of hydrogen-bond donors (Lipinski definition) is 3. The minimum atomic E-state index is -0.613. The van der Waals surface area contributed by atoms with Crippen molar-refractivity contribution in [3.63, 3.8) is 0 Å². The number of nitrogens with two attached hydrogens (primary N) is 2. The van der Waals surface area contributed by atoms with Gasteiger partial charge in [0.05, 0.1) is 11.6 Å². The monoisotopic (exact) mass is 377 g/mol. The van der Waals surface area contributed by atoms with Gasteiger partial charge in [-0.3, -0.25) is 9.59 Å². The number of carbonyl (C=O) groups excluding carboxylic acids is 2. The lowest BCUT2D eigenvalue weighted by atomic mass is 9.45. The van der Waals surface area contributed by atoms with E-state index >= 15 is 0 Å². The molecule has 1 saturated heterocycles. The smallest absolute Gasteiger partial charge is 0.240 e. The molecule has 1 heterocycles.